The Hall–Kier alpha value is -1.89. The number of fused-ring (bicyclic) bond motifs is 1. The quantitative estimate of drug-likeness (QED) is 0.926. The predicted octanol–water partition coefficient (Wildman–Crippen LogP) is 1.55. The van der Waals surface area contributed by atoms with E-state index in [0.717, 1.165) is 10.4 Å². The van der Waals surface area contributed by atoms with E-state index in [9.17, 15) is 9.00 Å². The molecule has 1 amide bonds. The summed E-state index contributed by atoms with van der Waals surface area (Å²) in [6.45, 7) is 0. The zero-order valence-electron chi connectivity index (χ0n) is 11.0. The molecule has 0 aliphatic heterocycles. The number of hydrogen-bond acceptors (Lipinski definition) is 4. The maximum absolute atomic E-state index is 12.2. The maximum Gasteiger partial charge on any atom is 0.412 e. The van der Waals surface area contributed by atoms with E-state index in [-0.39, 0.29) is 6.01 Å². The molecule has 1 unspecified atom stereocenters. The Bertz CT molecular complexity index is 706. The van der Waals surface area contributed by atoms with Crippen molar-refractivity contribution in [3.63, 3.8) is 0 Å². The van der Waals surface area contributed by atoms with Gasteiger partial charge in [0.2, 0.25) is 0 Å². The smallest absolute Gasteiger partial charge is 0.375 e. The van der Waals surface area contributed by atoms with Gasteiger partial charge in [-0.15, -0.1) is 0 Å². The summed E-state index contributed by atoms with van der Waals surface area (Å²) >= 11 is 0. The molecule has 0 bridgehead atoms. The van der Waals surface area contributed by atoms with Crippen molar-refractivity contribution in [1.82, 2.24) is 9.55 Å². The molecular weight excluding hydrogens is 278 g/mol. The molecule has 0 radical (unpaired) electrons. The Morgan fingerprint density at radius 2 is 2.30 bits per heavy atom. The number of primary amides is 1. The number of aryl methyl sites for hydroxylation is 1. The first-order valence-electron chi connectivity index (χ1n) is 6.36. The molecule has 1 saturated carbocycles. The molecule has 20 heavy (non-hydrogen) atoms. The van der Waals surface area contributed by atoms with Crippen molar-refractivity contribution in [2.75, 3.05) is 5.75 Å². The fraction of sp³-hybridized carbons (Fsp3) is 0.385. The molecule has 1 aliphatic carbocycles. The highest BCUT2D eigenvalue weighted by Crippen LogP contribution is 2.31. The zero-order valence-corrected chi connectivity index (χ0v) is 11.9. The average molecular weight is 293 g/mol. The van der Waals surface area contributed by atoms with Gasteiger partial charge in [-0.2, -0.15) is 4.98 Å². The van der Waals surface area contributed by atoms with Crippen molar-refractivity contribution < 1.29 is 13.7 Å². The fourth-order valence-corrected chi connectivity index (χ4v) is 3.49. The summed E-state index contributed by atoms with van der Waals surface area (Å²) < 4.78 is 18.6. The lowest BCUT2D eigenvalue weighted by molar-refractivity contribution is 0.205. The molecule has 6 nitrogen and oxygen atoms in total. The van der Waals surface area contributed by atoms with E-state index >= 15 is 0 Å². The van der Waals surface area contributed by atoms with Crippen LogP contribution in [-0.2, 0) is 17.8 Å². The molecule has 1 fully saturated rings. The number of aromatic nitrogens is 2. The lowest BCUT2D eigenvalue weighted by Crippen LogP contribution is -2.18. The summed E-state index contributed by atoms with van der Waals surface area (Å²) in [5.41, 5.74) is 6.44. The third-order valence-corrected chi connectivity index (χ3v) is 4.90. The summed E-state index contributed by atoms with van der Waals surface area (Å²) in [5.74, 6) is 1.31. The molecule has 0 saturated heterocycles. The van der Waals surface area contributed by atoms with Crippen LogP contribution in [0.2, 0.25) is 0 Å². The standard InChI is InChI=1S/C13H15N3O3S/c1-16-11-5-4-9(20(18)7-8-2-3-8)6-10(11)15-13(16)19-12(14)17/h4-6,8H,2-3,7H2,1H3,(H2,14,17). The normalized spacial score (nSPS) is 16.2. The number of imidazole rings is 1. The van der Waals surface area contributed by atoms with E-state index in [4.69, 9.17) is 10.5 Å². The Morgan fingerprint density at radius 3 is 2.95 bits per heavy atom. The van der Waals surface area contributed by atoms with Gasteiger partial charge in [-0.25, -0.2) is 4.79 Å². The minimum absolute atomic E-state index is 0.137. The third-order valence-electron chi connectivity index (χ3n) is 3.35. The number of amides is 1. The lowest BCUT2D eigenvalue weighted by Gasteiger charge is -2.02. The van der Waals surface area contributed by atoms with Crippen LogP contribution >= 0.6 is 0 Å². The van der Waals surface area contributed by atoms with Crippen LogP contribution in [0.4, 0.5) is 4.79 Å². The number of ether oxygens (including phenoxy) is 1. The second-order valence-electron chi connectivity index (χ2n) is 4.98. The van der Waals surface area contributed by atoms with Crippen molar-refractivity contribution in [1.29, 1.82) is 0 Å². The number of carbonyl (C=O) groups excluding carboxylic acids is 1. The minimum atomic E-state index is -0.997. The highest BCUT2D eigenvalue weighted by atomic mass is 32.2. The Labute approximate surface area is 118 Å². The highest BCUT2D eigenvalue weighted by Gasteiger charge is 2.24. The van der Waals surface area contributed by atoms with Crippen LogP contribution in [0.15, 0.2) is 23.1 Å². The van der Waals surface area contributed by atoms with E-state index in [1.807, 2.05) is 12.1 Å². The van der Waals surface area contributed by atoms with E-state index in [1.165, 1.54) is 12.8 Å². The van der Waals surface area contributed by atoms with Gasteiger partial charge in [0.05, 0.1) is 21.8 Å². The lowest BCUT2D eigenvalue weighted by atomic mass is 10.3. The summed E-state index contributed by atoms with van der Waals surface area (Å²) in [4.78, 5) is 15.8. The number of benzene rings is 1. The molecule has 2 aromatic rings. The summed E-state index contributed by atoms with van der Waals surface area (Å²) in [5, 5.41) is 0. The molecule has 3 rings (SSSR count). The first kappa shape index (κ1) is 13.1. The van der Waals surface area contributed by atoms with E-state index in [0.29, 0.717) is 17.2 Å². The van der Waals surface area contributed by atoms with Crippen LogP contribution in [-0.4, -0.2) is 25.6 Å². The molecule has 1 aromatic heterocycles. The van der Waals surface area contributed by atoms with Crippen LogP contribution in [0.1, 0.15) is 12.8 Å². The van der Waals surface area contributed by atoms with Crippen LogP contribution in [0.3, 0.4) is 0 Å². The average Bonchev–Trinajstić information content (AvgIpc) is 3.15. The van der Waals surface area contributed by atoms with Gasteiger partial charge < -0.3 is 10.5 Å². The van der Waals surface area contributed by atoms with Crippen molar-refractivity contribution in [3.8, 4) is 6.01 Å². The Balaban J connectivity index is 1.93. The fourth-order valence-electron chi connectivity index (χ4n) is 2.08. The first-order valence-corrected chi connectivity index (χ1v) is 7.68. The van der Waals surface area contributed by atoms with Crippen molar-refractivity contribution >= 4 is 27.9 Å². The molecule has 106 valence electrons. The van der Waals surface area contributed by atoms with Crippen LogP contribution in [0, 0.1) is 5.92 Å². The summed E-state index contributed by atoms with van der Waals surface area (Å²) in [7, 11) is 0.734. The van der Waals surface area contributed by atoms with Crippen LogP contribution in [0.25, 0.3) is 11.0 Å². The molecule has 7 heteroatoms. The molecule has 0 spiro atoms. The van der Waals surface area contributed by atoms with Gasteiger partial charge in [0.25, 0.3) is 0 Å². The molecule has 1 heterocycles. The predicted molar refractivity (Wildman–Crippen MR) is 74.9 cm³/mol. The van der Waals surface area contributed by atoms with Gasteiger partial charge >= 0.3 is 12.1 Å². The highest BCUT2D eigenvalue weighted by molar-refractivity contribution is 7.85. The monoisotopic (exact) mass is 293 g/mol. The molecule has 1 aliphatic rings. The largest absolute Gasteiger partial charge is 0.412 e. The van der Waals surface area contributed by atoms with Crippen molar-refractivity contribution in [2.45, 2.75) is 17.7 Å². The second-order valence-corrected chi connectivity index (χ2v) is 6.48. The summed E-state index contributed by atoms with van der Waals surface area (Å²) in [6.07, 6.45) is 1.45. The van der Waals surface area contributed by atoms with E-state index in [1.54, 1.807) is 17.7 Å². The van der Waals surface area contributed by atoms with Gasteiger partial charge in [-0.3, -0.25) is 8.78 Å². The number of carbonyl (C=O) groups is 1. The molecule has 1 atom stereocenters. The number of nitrogens with two attached hydrogens (primary N) is 1. The molecular formula is C13H15N3O3S. The van der Waals surface area contributed by atoms with Gasteiger partial charge in [0, 0.05) is 17.7 Å². The van der Waals surface area contributed by atoms with E-state index < -0.39 is 16.9 Å². The molecule has 1 aromatic carbocycles. The van der Waals surface area contributed by atoms with Gasteiger partial charge in [0.15, 0.2) is 0 Å². The van der Waals surface area contributed by atoms with Crippen LogP contribution in [0.5, 0.6) is 6.01 Å². The van der Waals surface area contributed by atoms with Gasteiger partial charge in [-0.05, 0) is 37.0 Å². The van der Waals surface area contributed by atoms with Crippen molar-refractivity contribution in [2.24, 2.45) is 18.7 Å². The van der Waals surface area contributed by atoms with Crippen LogP contribution < -0.4 is 10.5 Å². The third kappa shape index (κ3) is 2.53. The first-order chi connectivity index (χ1) is 9.54. The minimum Gasteiger partial charge on any atom is -0.375 e. The van der Waals surface area contributed by atoms with E-state index in [2.05, 4.69) is 4.98 Å². The number of hydrogen-bond donors (Lipinski definition) is 1. The van der Waals surface area contributed by atoms with Crippen molar-refractivity contribution in [3.05, 3.63) is 18.2 Å². The zero-order chi connectivity index (χ0) is 14.3. The topological polar surface area (TPSA) is 87.2 Å². The number of nitrogens with zero attached hydrogens (tertiary/aromatic N) is 2. The maximum atomic E-state index is 12.2. The Morgan fingerprint density at radius 1 is 1.55 bits per heavy atom. The van der Waals surface area contributed by atoms with Gasteiger partial charge in [-0.1, -0.05) is 0 Å². The van der Waals surface area contributed by atoms with Gasteiger partial charge in [0.1, 0.15) is 0 Å². The second kappa shape index (κ2) is 4.90. The Kier molecular flexibility index (Phi) is 3.21. The number of rotatable bonds is 4. The SMILES string of the molecule is Cn1c(OC(N)=O)nc2cc(S(=O)CC3CC3)ccc21. The molecule has 2 N–H and O–H groups in total. The summed E-state index contributed by atoms with van der Waals surface area (Å²) in [6, 6.07) is 5.58.